The molecule has 3 aromatic rings. The standard InChI is InChI=1S/C25H25N3O3S/c1-16-10-20-22(11-17(16)2)28(25(30)13-21(27-20)23-8-5-9-32-23)15-24(29)26-14-18-6-4-7-19(12-18)31-3/h4-12H,13-15H2,1-3H3,(H,26,29). The maximum absolute atomic E-state index is 13.2. The maximum atomic E-state index is 13.2. The Bertz CT molecular complexity index is 1190. The molecule has 1 aliphatic rings. The first-order valence-corrected chi connectivity index (χ1v) is 11.2. The molecule has 0 unspecified atom stereocenters. The van der Waals surface area contributed by atoms with E-state index in [0.717, 1.165) is 33.0 Å². The molecule has 2 amide bonds. The third kappa shape index (κ3) is 4.73. The number of hydrogen-bond acceptors (Lipinski definition) is 5. The molecule has 0 saturated heterocycles. The number of thiophene rings is 1. The minimum atomic E-state index is -0.232. The minimum Gasteiger partial charge on any atom is -0.497 e. The molecule has 6 nitrogen and oxygen atoms in total. The molecule has 164 valence electrons. The molecule has 1 aromatic heterocycles. The number of rotatable bonds is 6. The molecule has 32 heavy (non-hydrogen) atoms. The summed E-state index contributed by atoms with van der Waals surface area (Å²) in [6.45, 7) is 4.31. The third-order valence-electron chi connectivity index (χ3n) is 5.49. The average molecular weight is 448 g/mol. The van der Waals surface area contributed by atoms with E-state index in [-0.39, 0.29) is 24.8 Å². The Balaban J connectivity index is 1.57. The minimum absolute atomic E-state index is 0.0639. The number of fused-ring (bicyclic) bond motifs is 1. The Hall–Kier alpha value is -3.45. The Labute approximate surface area is 191 Å². The van der Waals surface area contributed by atoms with Crippen molar-refractivity contribution in [3.63, 3.8) is 0 Å². The molecule has 0 bridgehead atoms. The van der Waals surface area contributed by atoms with E-state index < -0.39 is 0 Å². The predicted octanol–water partition coefficient (Wildman–Crippen LogP) is 4.55. The lowest BCUT2D eigenvalue weighted by Crippen LogP contribution is -2.41. The lowest BCUT2D eigenvalue weighted by atomic mass is 10.1. The van der Waals surface area contributed by atoms with Gasteiger partial charge in [0.15, 0.2) is 0 Å². The van der Waals surface area contributed by atoms with Gasteiger partial charge in [-0.2, -0.15) is 0 Å². The van der Waals surface area contributed by atoms with Gasteiger partial charge in [0.2, 0.25) is 11.8 Å². The number of nitrogens with zero attached hydrogens (tertiary/aromatic N) is 2. The van der Waals surface area contributed by atoms with Crippen molar-refractivity contribution < 1.29 is 14.3 Å². The molecule has 0 saturated carbocycles. The van der Waals surface area contributed by atoms with Gasteiger partial charge in [-0.3, -0.25) is 9.59 Å². The summed E-state index contributed by atoms with van der Waals surface area (Å²) in [6.07, 6.45) is 0.149. The second-order valence-corrected chi connectivity index (χ2v) is 8.69. The number of hydrogen-bond donors (Lipinski definition) is 1. The van der Waals surface area contributed by atoms with Crippen molar-refractivity contribution in [1.29, 1.82) is 0 Å². The number of aliphatic imine (C=N–C) groups is 1. The highest BCUT2D eigenvalue weighted by molar-refractivity contribution is 7.12. The maximum Gasteiger partial charge on any atom is 0.240 e. The lowest BCUT2D eigenvalue weighted by molar-refractivity contribution is -0.123. The van der Waals surface area contributed by atoms with E-state index >= 15 is 0 Å². The van der Waals surface area contributed by atoms with Gasteiger partial charge in [0, 0.05) is 11.4 Å². The van der Waals surface area contributed by atoms with E-state index in [2.05, 4.69) is 5.32 Å². The van der Waals surface area contributed by atoms with E-state index in [1.807, 2.05) is 67.8 Å². The number of ether oxygens (including phenoxy) is 1. The van der Waals surface area contributed by atoms with Gasteiger partial charge in [0.25, 0.3) is 0 Å². The first-order valence-electron chi connectivity index (χ1n) is 10.4. The van der Waals surface area contributed by atoms with Crippen LogP contribution in [0.1, 0.15) is 28.0 Å². The molecule has 0 fully saturated rings. The van der Waals surface area contributed by atoms with E-state index in [9.17, 15) is 9.59 Å². The SMILES string of the molecule is COc1cccc(CNC(=O)CN2C(=O)CC(c3cccs3)=Nc3cc(C)c(C)cc32)c1. The average Bonchev–Trinajstić information content (AvgIpc) is 3.29. The van der Waals surface area contributed by atoms with E-state index in [0.29, 0.717) is 17.9 Å². The van der Waals surface area contributed by atoms with Crippen LogP contribution in [0.25, 0.3) is 0 Å². The third-order valence-corrected chi connectivity index (χ3v) is 6.41. The zero-order valence-electron chi connectivity index (χ0n) is 18.3. The van der Waals surface area contributed by atoms with Gasteiger partial charge in [-0.15, -0.1) is 11.3 Å². The van der Waals surface area contributed by atoms with E-state index in [1.54, 1.807) is 23.3 Å². The van der Waals surface area contributed by atoms with Crippen LogP contribution in [0.4, 0.5) is 11.4 Å². The molecule has 7 heteroatoms. The molecular weight excluding hydrogens is 422 g/mol. The quantitative estimate of drug-likeness (QED) is 0.603. The fourth-order valence-corrected chi connectivity index (χ4v) is 4.31. The normalized spacial score (nSPS) is 13.3. The summed E-state index contributed by atoms with van der Waals surface area (Å²) < 4.78 is 5.23. The van der Waals surface area contributed by atoms with Crippen LogP contribution in [0.5, 0.6) is 5.75 Å². The first-order chi connectivity index (χ1) is 15.4. The number of carbonyl (C=O) groups excluding carboxylic acids is 2. The van der Waals surface area contributed by atoms with Crippen molar-refractivity contribution in [2.75, 3.05) is 18.6 Å². The number of anilines is 1. The zero-order valence-corrected chi connectivity index (χ0v) is 19.2. The molecule has 0 atom stereocenters. The van der Waals surface area contributed by atoms with Crippen LogP contribution in [0.15, 0.2) is 58.9 Å². The predicted molar refractivity (Wildman–Crippen MR) is 128 cm³/mol. The van der Waals surface area contributed by atoms with Crippen molar-refractivity contribution >= 4 is 40.2 Å². The second kappa shape index (κ2) is 9.36. The Morgan fingerprint density at radius 1 is 1.16 bits per heavy atom. The molecule has 1 aliphatic heterocycles. The van der Waals surface area contributed by atoms with Crippen molar-refractivity contribution in [3.8, 4) is 5.75 Å². The van der Waals surface area contributed by atoms with Gasteiger partial charge in [-0.05, 0) is 66.2 Å². The number of aryl methyl sites for hydroxylation is 2. The van der Waals surface area contributed by atoms with Gasteiger partial charge < -0.3 is 15.0 Å². The molecular formula is C25H25N3O3S. The van der Waals surface area contributed by atoms with Crippen LogP contribution >= 0.6 is 11.3 Å². The number of amides is 2. The number of benzene rings is 2. The first kappa shape index (κ1) is 21.8. The Morgan fingerprint density at radius 2 is 1.97 bits per heavy atom. The monoisotopic (exact) mass is 447 g/mol. The van der Waals surface area contributed by atoms with Gasteiger partial charge in [-0.25, -0.2) is 4.99 Å². The van der Waals surface area contributed by atoms with Crippen LogP contribution < -0.4 is 15.0 Å². The highest BCUT2D eigenvalue weighted by atomic mass is 32.1. The largest absolute Gasteiger partial charge is 0.497 e. The Kier molecular flexibility index (Phi) is 6.37. The van der Waals surface area contributed by atoms with Crippen LogP contribution in [0, 0.1) is 13.8 Å². The molecule has 0 radical (unpaired) electrons. The smallest absolute Gasteiger partial charge is 0.240 e. The van der Waals surface area contributed by atoms with Crippen molar-refractivity contribution in [3.05, 3.63) is 75.5 Å². The lowest BCUT2D eigenvalue weighted by Gasteiger charge is -2.23. The van der Waals surface area contributed by atoms with Gasteiger partial charge >= 0.3 is 0 Å². The van der Waals surface area contributed by atoms with Crippen molar-refractivity contribution in [2.24, 2.45) is 4.99 Å². The molecule has 0 aliphatic carbocycles. The summed E-state index contributed by atoms with van der Waals surface area (Å²) in [5, 5.41) is 4.88. The fraction of sp³-hybridized carbons (Fsp3) is 0.240. The summed E-state index contributed by atoms with van der Waals surface area (Å²) in [4.78, 5) is 33.4. The summed E-state index contributed by atoms with van der Waals surface area (Å²) in [7, 11) is 1.61. The summed E-state index contributed by atoms with van der Waals surface area (Å²) in [5.41, 5.74) is 5.18. The highest BCUT2D eigenvalue weighted by Crippen LogP contribution is 2.36. The molecule has 2 heterocycles. The Morgan fingerprint density at radius 3 is 2.72 bits per heavy atom. The van der Waals surface area contributed by atoms with E-state index in [4.69, 9.17) is 9.73 Å². The number of methoxy groups -OCH3 is 1. The van der Waals surface area contributed by atoms with Crippen molar-refractivity contribution in [1.82, 2.24) is 5.32 Å². The van der Waals surface area contributed by atoms with Crippen molar-refractivity contribution in [2.45, 2.75) is 26.8 Å². The van der Waals surface area contributed by atoms with Crippen LogP contribution in [-0.4, -0.2) is 31.2 Å². The summed E-state index contributed by atoms with van der Waals surface area (Å²) in [5.74, 6) is 0.359. The topological polar surface area (TPSA) is 71.0 Å². The van der Waals surface area contributed by atoms with Gasteiger partial charge in [-0.1, -0.05) is 18.2 Å². The molecule has 4 rings (SSSR count). The zero-order chi connectivity index (χ0) is 22.7. The van der Waals surface area contributed by atoms with E-state index in [1.165, 1.54) is 0 Å². The second-order valence-electron chi connectivity index (χ2n) is 7.75. The number of carbonyl (C=O) groups is 2. The molecule has 1 N–H and O–H groups in total. The highest BCUT2D eigenvalue weighted by Gasteiger charge is 2.27. The number of nitrogens with one attached hydrogen (secondary N) is 1. The van der Waals surface area contributed by atoms with Gasteiger partial charge in [0.05, 0.1) is 30.6 Å². The van der Waals surface area contributed by atoms with Gasteiger partial charge in [0.1, 0.15) is 12.3 Å². The summed E-state index contributed by atoms with van der Waals surface area (Å²) >= 11 is 1.56. The molecule has 0 spiro atoms. The fourth-order valence-electron chi connectivity index (χ4n) is 3.59. The molecule has 2 aromatic carbocycles. The van der Waals surface area contributed by atoms with Crippen LogP contribution in [0.2, 0.25) is 0 Å². The van der Waals surface area contributed by atoms with Crippen LogP contribution in [-0.2, 0) is 16.1 Å². The summed E-state index contributed by atoms with van der Waals surface area (Å²) in [6, 6.07) is 15.4. The van der Waals surface area contributed by atoms with Crippen LogP contribution in [0.3, 0.4) is 0 Å².